The number of amides is 2. The summed E-state index contributed by atoms with van der Waals surface area (Å²) in [5.41, 5.74) is 2.79. The van der Waals surface area contributed by atoms with E-state index in [9.17, 15) is 9.59 Å². The Morgan fingerprint density at radius 3 is 2.31 bits per heavy atom. The van der Waals surface area contributed by atoms with Crippen LogP contribution in [0.4, 0.5) is 11.4 Å². The molecule has 182 valence electrons. The molecule has 0 radical (unpaired) electrons. The van der Waals surface area contributed by atoms with Crippen LogP contribution in [0.15, 0.2) is 75.6 Å². The molecule has 0 aliphatic carbocycles. The molecule has 2 aromatic carbocycles. The summed E-state index contributed by atoms with van der Waals surface area (Å²) < 4.78 is 6.83. The minimum absolute atomic E-state index is 0.225. The van der Waals surface area contributed by atoms with Crippen LogP contribution in [-0.2, 0) is 9.59 Å². The predicted octanol–water partition coefficient (Wildman–Crippen LogP) is 6.06. The Morgan fingerprint density at radius 1 is 0.971 bits per heavy atom. The maximum Gasteiger partial charge on any atom is 0.248 e. The molecule has 0 saturated carbocycles. The van der Waals surface area contributed by atoms with Crippen molar-refractivity contribution in [1.82, 2.24) is 4.90 Å². The van der Waals surface area contributed by atoms with E-state index in [2.05, 4.69) is 40.0 Å². The number of nitrogens with one attached hydrogen (secondary N) is 1. The number of furan rings is 1. The number of carbonyl (C=O) groups is 2. The molecule has 2 heterocycles. The highest BCUT2D eigenvalue weighted by Gasteiger charge is 2.21. The van der Waals surface area contributed by atoms with E-state index in [0.717, 1.165) is 53.4 Å². The second-order valence-corrected chi connectivity index (χ2v) is 9.96. The van der Waals surface area contributed by atoms with Crippen LogP contribution in [0.2, 0.25) is 0 Å². The lowest BCUT2D eigenvalue weighted by atomic mass is 10.1. The first-order chi connectivity index (χ1) is 16.9. The Bertz CT molecular complexity index is 1170. The smallest absolute Gasteiger partial charge is 0.248 e. The van der Waals surface area contributed by atoms with Gasteiger partial charge in [-0.15, -0.1) is 0 Å². The molecule has 7 heteroatoms. The summed E-state index contributed by atoms with van der Waals surface area (Å²) in [4.78, 5) is 28.9. The molecule has 35 heavy (non-hydrogen) atoms. The highest BCUT2D eigenvalue weighted by molar-refractivity contribution is 9.10. The molecular weight excluding hydrogens is 506 g/mol. The minimum atomic E-state index is -0.225. The first kappa shape index (κ1) is 24.8. The van der Waals surface area contributed by atoms with Crippen molar-refractivity contribution in [2.75, 3.05) is 36.4 Å². The van der Waals surface area contributed by atoms with Crippen LogP contribution in [0.25, 0.3) is 17.4 Å². The van der Waals surface area contributed by atoms with Crippen LogP contribution in [-0.4, -0.2) is 42.9 Å². The predicted molar refractivity (Wildman–Crippen MR) is 144 cm³/mol. The van der Waals surface area contributed by atoms with Crippen molar-refractivity contribution >= 4 is 45.2 Å². The summed E-state index contributed by atoms with van der Waals surface area (Å²) in [5, 5.41) is 2.88. The van der Waals surface area contributed by atoms with Crippen molar-refractivity contribution in [2.24, 2.45) is 5.92 Å². The number of anilines is 2. The monoisotopic (exact) mass is 535 g/mol. The van der Waals surface area contributed by atoms with Crippen molar-refractivity contribution in [3.8, 4) is 11.3 Å². The fourth-order valence-corrected chi connectivity index (χ4v) is 4.27. The Morgan fingerprint density at radius 2 is 1.66 bits per heavy atom. The topological polar surface area (TPSA) is 65.8 Å². The Labute approximate surface area is 214 Å². The van der Waals surface area contributed by atoms with Crippen molar-refractivity contribution in [2.45, 2.75) is 20.3 Å². The molecule has 0 atom stereocenters. The second-order valence-electron chi connectivity index (χ2n) is 9.04. The summed E-state index contributed by atoms with van der Waals surface area (Å²) in [6.45, 7) is 7.24. The zero-order valence-corrected chi connectivity index (χ0v) is 21.6. The third-order valence-electron chi connectivity index (χ3n) is 5.87. The molecule has 1 aliphatic heterocycles. The van der Waals surface area contributed by atoms with Gasteiger partial charge < -0.3 is 19.5 Å². The third-order valence-corrected chi connectivity index (χ3v) is 6.40. The summed E-state index contributed by atoms with van der Waals surface area (Å²) >= 11 is 3.43. The van der Waals surface area contributed by atoms with E-state index in [1.807, 2.05) is 65.6 Å². The van der Waals surface area contributed by atoms with Gasteiger partial charge >= 0.3 is 0 Å². The van der Waals surface area contributed by atoms with Gasteiger partial charge in [-0.25, -0.2) is 0 Å². The van der Waals surface area contributed by atoms with Gasteiger partial charge in [-0.2, -0.15) is 0 Å². The molecule has 0 unspecified atom stereocenters. The molecule has 1 aromatic heterocycles. The molecule has 0 spiro atoms. The highest BCUT2D eigenvalue weighted by Crippen LogP contribution is 2.25. The zero-order valence-electron chi connectivity index (χ0n) is 20.0. The number of hydrogen-bond acceptors (Lipinski definition) is 4. The van der Waals surface area contributed by atoms with Gasteiger partial charge in [-0.1, -0.05) is 41.9 Å². The molecule has 4 rings (SSSR count). The number of benzene rings is 2. The quantitative estimate of drug-likeness (QED) is 0.373. The van der Waals surface area contributed by atoms with Crippen molar-refractivity contribution < 1.29 is 14.0 Å². The Hall–Kier alpha value is -3.32. The molecular formula is C28H30BrN3O3. The molecule has 6 nitrogen and oxygen atoms in total. The molecule has 1 N–H and O–H groups in total. The van der Waals surface area contributed by atoms with E-state index in [-0.39, 0.29) is 11.8 Å². The van der Waals surface area contributed by atoms with E-state index in [4.69, 9.17) is 4.42 Å². The SMILES string of the molecule is CC(C)CC(=O)N1CCN(c2ccc(NC(=O)/C=C/c3ccc(-c4ccc(Br)cc4)o3)cc2)CC1. The van der Waals surface area contributed by atoms with E-state index >= 15 is 0 Å². The fraction of sp³-hybridized carbons (Fsp3) is 0.286. The molecule has 1 saturated heterocycles. The largest absolute Gasteiger partial charge is 0.457 e. The summed E-state index contributed by atoms with van der Waals surface area (Å²) in [7, 11) is 0. The second kappa shape index (κ2) is 11.4. The van der Waals surface area contributed by atoms with Crippen molar-refractivity contribution in [1.29, 1.82) is 0 Å². The standard InChI is InChI=1S/C28H30BrN3O3/c1-20(2)19-28(34)32-17-15-31(16-18-32)24-9-7-23(8-10-24)30-27(33)14-12-25-11-13-26(35-25)21-3-5-22(29)6-4-21/h3-14,20H,15-19H2,1-2H3,(H,30,33)/b14-12+. The van der Waals surface area contributed by atoms with Gasteiger partial charge in [0.25, 0.3) is 0 Å². The first-order valence-corrected chi connectivity index (χ1v) is 12.6. The van der Waals surface area contributed by atoms with E-state index < -0.39 is 0 Å². The lowest BCUT2D eigenvalue weighted by Gasteiger charge is -2.36. The average Bonchev–Trinajstić information content (AvgIpc) is 3.32. The van der Waals surface area contributed by atoms with Gasteiger partial charge in [0.05, 0.1) is 0 Å². The van der Waals surface area contributed by atoms with Crippen molar-refractivity contribution in [3.63, 3.8) is 0 Å². The van der Waals surface area contributed by atoms with Gasteiger partial charge in [0, 0.05) is 60.1 Å². The van der Waals surface area contributed by atoms with Crippen LogP contribution in [0, 0.1) is 5.92 Å². The number of nitrogens with zero attached hydrogens (tertiary/aromatic N) is 2. The molecule has 2 amide bonds. The number of hydrogen-bond donors (Lipinski definition) is 1. The van der Waals surface area contributed by atoms with Crippen LogP contribution in [0.5, 0.6) is 0 Å². The Balaban J connectivity index is 1.27. The van der Waals surface area contributed by atoms with Crippen LogP contribution in [0.3, 0.4) is 0 Å². The maximum atomic E-state index is 12.4. The summed E-state index contributed by atoms with van der Waals surface area (Å²) in [5.74, 6) is 1.76. The lowest BCUT2D eigenvalue weighted by Crippen LogP contribution is -2.49. The van der Waals surface area contributed by atoms with E-state index in [1.165, 1.54) is 6.08 Å². The van der Waals surface area contributed by atoms with Gasteiger partial charge in [0.2, 0.25) is 11.8 Å². The number of carbonyl (C=O) groups excluding carboxylic acids is 2. The van der Waals surface area contributed by atoms with E-state index in [1.54, 1.807) is 6.08 Å². The molecule has 3 aromatic rings. The summed E-state index contributed by atoms with van der Waals surface area (Å²) in [6.07, 6.45) is 3.73. The van der Waals surface area contributed by atoms with Crippen LogP contribution < -0.4 is 10.2 Å². The zero-order chi connectivity index (χ0) is 24.8. The van der Waals surface area contributed by atoms with Gasteiger partial charge in [-0.3, -0.25) is 9.59 Å². The summed E-state index contributed by atoms with van der Waals surface area (Å²) in [6, 6.07) is 19.4. The first-order valence-electron chi connectivity index (χ1n) is 11.8. The average molecular weight is 536 g/mol. The van der Waals surface area contributed by atoms with Gasteiger partial charge in [-0.05, 0) is 60.5 Å². The number of rotatable bonds is 7. The third kappa shape index (κ3) is 6.85. The normalized spacial score (nSPS) is 14.1. The maximum absolute atomic E-state index is 12.4. The molecule has 1 aliphatic rings. The van der Waals surface area contributed by atoms with Crippen molar-refractivity contribution in [3.05, 3.63) is 77.0 Å². The number of piperazine rings is 1. The van der Waals surface area contributed by atoms with Crippen LogP contribution >= 0.6 is 15.9 Å². The van der Waals surface area contributed by atoms with Crippen LogP contribution in [0.1, 0.15) is 26.0 Å². The van der Waals surface area contributed by atoms with Gasteiger partial charge in [0.1, 0.15) is 11.5 Å². The molecule has 0 bridgehead atoms. The molecule has 1 fully saturated rings. The van der Waals surface area contributed by atoms with Gasteiger partial charge in [0.15, 0.2) is 0 Å². The minimum Gasteiger partial charge on any atom is -0.457 e. The van der Waals surface area contributed by atoms with E-state index in [0.29, 0.717) is 18.1 Å². The fourth-order valence-electron chi connectivity index (χ4n) is 4.00. The number of halogens is 1. The highest BCUT2D eigenvalue weighted by atomic mass is 79.9. The lowest BCUT2D eigenvalue weighted by molar-refractivity contribution is -0.132. The Kier molecular flexibility index (Phi) is 8.08.